The van der Waals surface area contributed by atoms with Gasteiger partial charge in [0.25, 0.3) is 0 Å². The van der Waals surface area contributed by atoms with Gasteiger partial charge < -0.3 is 0 Å². The zero-order chi connectivity index (χ0) is 13.7. The maximum Gasteiger partial charge on any atom is 0.159 e. The molecule has 0 fully saturated rings. The molecule has 0 aromatic heterocycles. The summed E-state index contributed by atoms with van der Waals surface area (Å²) in [6.07, 6.45) is 0.197. The first-order valence-corrected chi connectivity index (χ1v) is 6.00. The lowest BCUT2D eigenvalue weighted by Crippen LogP contribution is -2.12. The third kappa shape index (κ3) is 1.91. The van der Waals surface area contributed by atoms with Crippen LogP contribution in [-0.4, -0.2) is 0 Å². The molecule has 0 radical (unpaired) electrons. The average molecular weight is 287 g/mol. The van der Waals surface area contributed by atoms with Gasteiger partial charge in [0, 0.05) is 0 Å². The standard InChI is InChI=1S/C14H7ClF4/c15-14-8-4-12(18)10(16)2-6(8)1-7-3-11(17)13(19)5-9(7)14/h2-5,14H,1H2. The summed E-state index contributed by atoms with van der Waals surface area (Å²) >= 11 is 6.15. The molecule has 0 heterocycles. The first-order valence-electron chi connectivity index (χ1n) is 5.57. The lowest BCUT2D eigenvalue weighted by molar-refractivity contribution is 0.501. The predicted molar refractivity (Wildman–Crippen MR) is 63.2 cm³/mol. The van der Waals surface area contributed by atoms with Crippen molar-refractivity contribution >= 4 is 11.6 Å². The van der Waals surface area contributed by atoms with Crippen LogP contribution < -0.4 is 0 Å². The Hall–Kier alpha value is -1.55. The SMILES string of the molecule is Fc1cc2c(cc1F)C(Cl)c1cc(F)c(F)cc1C2. The lowest BCUT2D eigenvalue weighted by atomic mass is 9.85. The van der Waals surface area contributed by atoms with Crippen molar-refractivity contribution in [2.45, 2.75) is 11.8 Å². The van der Waals surface area contributed by atoms with E-state index in [1.807, 2.05) is 0 Å². The summed E-state index contributed by atoms with van der Waals surface area (Å²) < 4.78 is 52.9. The van der Waals surface area contributed by atoms with Crippen molar-refractivity contribution in [2.24, 2.45) is 0 Å². The fourth-order valence-electron chi connectivity index (χ4n) is 2.36. The largest absolute Gasteiger partial charge is 0.204 e. The molecular weight excluding hydrogens is 280 g/mol. The Morgan fingerprint density at radius 1 is 0.737 bits per heavy atom. The zero-order valence-electron chi connectivity index (χ0n) is 9.48. The van der Waals surface area contributed by atoms with Crippen LogP contribution in [0.15, 0.2) is 24.3 Å². The van der Waals surface area contributed by atoms with E-state index in [1.165, 1.54) is 0 Å². The molecule has 0 aliphatic heterocycles. The van der Waals surface area contributed by atoms with Crippen LogP contribution in [0.4, 0.5) is 17.6 Å². The van der Waals surface area contributed by atoms with Crippen LogP contribution in [0.1, 0.15) is 27.6 Å². The minimum Gasteiger partial charge on any atom is -0.204 e. The Labute approximate surface area is 111 Å². The van der Waals surface area contributed by atoms with Gasteiger partial charge >= 0.3 is 0 Å². The minimum absolute atomic E-state index is 0.197. The molecule has 19 heavy (non-hydrogen) atoms. The summed E-state index contributed by atoms with van der Waals surface area (Å²) in [5.41, 5.74) is 1.74. The summed E-state index contributed by atoms with van der Waals surface area (Å²) in [5, 5.41) is -0.816. The quantitative estimate of drug-likeness (QED) is 0.495. The molecule has 0 saturated heterocycles. The maximum absolute atomic E-state index is 13.2. The highest BCUT2D eigenvalue weighted by molar-refractivity contribution is 6.23. The molecule has 0 bridgehead atoms. The van der Waals surface area contributed by atoms with E-state index in [0.717, 1.165) is 24.3 Å². The molecule has 3 rings (SSSR count). The monoisotopic (exact) mass is 286 g/mol. The summed E-state index contributed by atoms with van der Waals surface area (Å²) in [5.74, 6) is -3.96. The van der Waals surface area contributed by atoms with Crippen molar-refractivity contribution in [3.8, 4) is 0 Å². The van der Waals surface area contributed by atoms with Crippen LogP contribution in [-0.2, 0) is 6.42 Å². The van der Waals surface area contributed by atoms with E-state index in [2.05, 4.69) is 0 Å². The average Bonchev–Trinajstić information content (AvgIpc) is 2.35. The molecule has 0 N–H and O–H groups in total. The number of hydrogen-bond acceptors (Lipinski definition) is 0. The minimum atomic E-state index is -1.00. The maximum atomic E-state index is 13.2. The molecule has 2 aromatic rings. The van der Waals surface area contributed by atoms with Crippen LogP contribution >= 0.6 is 11.6 Å². The molecule has 0 unspecified atom stereocenters. The molecule has 5 heteroatoms. The number of halogens is 5. The summed E-state index contributed by atoms with van der Waals surface area (Å²) in [4.78, 5) is 0. The Kier molecular flexibility index (Phi) is 2.78. The van der Waals surface area contributed by atoms with Gasteiger partial charge in [-0.3, -0.25) is 0 Å². The molecule has 1 aliphatic rings. The van der Waals surface area contributed by atoms with E-state index in [-0.39, 0.29) is 6.42 Å². The highest BCUT2D eigenvalue weighted by Crippen LogP contribution is 2.40. The molecule has 0 saturated carbocycles. The van der Waals surface area contributed by atoms with Crippen molar-refractivity contribution in [3.63, 3.8) is 0 Å². The number of benzene rings is 2. The van der Waals surface area contributed by atoms with E-state index in [4.69, 9.17) is 11.6 Å². The van der Waals surface area contributed by atoms with Crippen molar-refractivity contribution in [1.29, 1.82) is 0 Å². The van der Waals surface area contributed by atoms with Crippen molar-refractivity contribution in [3.05, 3.63) is 69.8 Å². The topological polar surface area (TPSA) is 0 Å². The Morgan fingerprint density at radius 2 is 1.11 bits per heavy atom. The number of hydrogen-bond donors (Lipinski definition) is 0. The van der Waals surface area contributed by atoms with Gasteiger partial charge in [0.2, 0.25) is 0 Å². The molecule has 2 aromatic carbocycles. The number of fused-ring (bicyclic) bond motifs is 2. The van der Waals surface area contributed by atoms with Crippen molar-refractivity contribution in [2.75, 3.05) is 0 Å². The normalized spacial score (nSPS) is 14.2. The second-order valence-electron chi connectivity index (χ2n) is 4.47. The second-order valence-corrected chi connectivity index (χ2v) is 4.91. The Balaban J connectivity index is 2.20. The lowest BCUT2D eigenvalue weighted by Gasteiger charge is -2.24. The van der Waals surface area contributed by atoms with Gasteiger partial charge in [-0.2, -0.15) is 0 Å². The molecule has 98 valence electrons. The summed E-state index contributed by atoms with van der Waals surface area (Å²) in [6.45, 7) is 0. The van der Waals surface area contributed by atoms with Crippen LogP contribution in [0.2, 0.25) is 0 Å². The molecule has 0 atom stereocenters. The molecule has 0 amide bonds. The fraction of sp³-hybridized carbons (Fsp3) is 0.143. The smallest absolute Gasteiger partial charge is 0.159 e. The van der Waals surface area contributed by atoms with E-state index < -0.39 is 28.6 Å². The van der Waals surface area contributed by atoms with Crippen LogP contribution in [0.25, 0.3) is 0 Å². The van der Waals surface area contributed by atoms with E-state index >= 15 is 0 Å². The zero-order valence-corrected chi connectivity index (χ0v) is 10.2. The first kappa shape index (κ1) is 12.5. The third-order valence-corrected chi connectivity index (χ3v) is 3.76. The highest BCUT2D eigenvalue weighted by atomic mass is 35.5. The van der Waals surface area contributed by atoms with Crippen LogP contribution in [0.5, 0.6) is 0 Å². The van der Waals surface area contributed by atoms with E-state index in [9.17, 15) is 17.6 Å². The Bertz CT molecular complexity index is 624. The number of rotatable bonds is 0. The van der Waals surface area contributed by atoms with Gasteiger partial charge in [0.1, 0.15) is 0 Å². The highest BCUT2D eigenvalue weighted by Gasteiger charge is 2.27. The molecule has 0 nitrogen and oxygen atoms in total. The molecule has 0 spiro atoms. The van der Waals surface area contributed by atoms with Gasteiger partial charge in [-0.15, -0.1) is 11.6 Å². The second kappa shape index (κ2) is 4.23. The van der Waals surface area contributed by atoms with Gasteiger partial charge in [-0.05, 0) is 52.9 Å². The van der Waals surface area contributed by atoms with Gasteiger partial charge in [-0.25, -0.2) is 17.6 Å². The Morgan fingerprint density at radius 3 is 1.53 bits per heavy atom. The van der Waals surface area contributed by atoms with Crippen LogP contribution in [0, 0.1) is 23.3 Å². The van der Waals surface area contributed by atoms with Crippen molar-refractivity contribution in [1.82, 2.24) is 0 Å². The van der Waals surface area contributed by atoms with Crippen molar-refractivity contribution < 1.29 is 17.6 Å². The van der Waals surface area contributed by atoms with Gasteiger partial charge in [0.15, 0.2) is 23.3 Å². The molecular formula is C14H7ClF4. The molecule has 1 aliphatic carbocycles. The van der Waals surface area contributed by atoms with Gasteiger partial charge in [0.05, 0.1) is 5.38 Å². The third-order valence-electron chi connectivity index (χ3n) is 3.29. The first-order chi connectivity index (χ1) is 8.97. The summed E-state index contributed by atoms with van der Waals surface area (Å²) in [6, 6.07) is 4.10. The van der Waals surface area contributed by atoms with Crippen LogP contribution in [0.3, 0.4) is 0 Å². The number of alkyl halides is 1. The van der Waals surface area contributed by atoms with E-state index in [0.29, 0.717) is 22.3 Å². The summed E-state index contributed by atoms with van der Waals surface area (Å²) in [7, 11) is 0. The van der Waals surface area contributed by atoms with E-state index in [1.54, 1.807) is 0 Å². The van der Waals surface area contributed by atoms with Gasteiger partial charge in [-0.1, -0.05) is 0 Å². The fourth-order valence-corrected chi connectivity index (χ4v) is 2.76. The predicted octanol–water partition coefficient (Wildman–Crippen LogP) is 4.48.